The summed E-state index contributed by atoms with van der Waals surface area (Å²) < 4.78 is 0. The van der Waals surface area contributed by atoms with Gasteiger partial charge < -0.3 is 0 Å². The van der Waals surface area contributed by atoms with Crippen LogP contribution in [0.1, 0.15) is 24.8 Å². The number of Topliss-reactive ketones (excluding diaryl/α,β-unsaturated/α-hetero) is 1. The molecule has 0 aliphatic carbocycles. The molecular formula is C17H20O. The summed E-state index contributed by atoms with van der Waals surface area (Å²) in [6.07, 6.45) is 8.19. The predicted octanol–water partition coefficient (Wildman–Crippen LogP) is 4.27. The summed E-state index contributed by atoms with van der Waals surface area (Å²) in [7, 11) is 0. The number of aryl methyl sites for hydroxylation is 1. The van der Waals surface area contributed by atoms with E-state index in [1.807, 2.05) is 24.3 Å². The maximum Gasteiger partial charge on any atom is 0.133 e. The molecule has 1 aromatic carbocycles. The van der Waals surface area contributed by atoms with E-state index in [4.69, 9.17) is 0 Å². The first-order valence-corrected chi connectivity index (χ1v) is 6.26. The Morgan fingerprint density at radius 3 is 2.39 bits per heavy atom. The molecule has 1 aromatic rings. The largest absolute Gasteiger partial charge is 0.300 e. The van der Waals surface area contributed by atoms with E-state index < -0.39 is 0 Å². The summed E-state index contributed by atoms with van der Waals surface area (Å²) in [4.78, 5) is 11.8. The Labute approximate surface area is 110 Å². The van der Waals surface area contributed by atoms with Crippen LogP contribution in [0.2, 0.25) is 0 Å². The molecule has 0 heterocycles. The molecule has 0 atom stereocenters. The van der Waals surface area contributed by atoms with Gasteiger partial charge in [-0.25, -0.2) is 0 Å². The molecule has 0 aliphatic heterocycles. The molecule has 1 rings (SSSR count). The van der Waals surface area contributed by atoms with Crippen molar-refractivity contribution in [1.29, 1.82) is 0 Å². The summed E-state index contributed by atoms with van der Waals surface area (Å²) >= 11 is 0. The molecule has 0 fully saturated rings. The fourth-order valence-electron chi connectivity index (χ4n) is 1.74. The lowest BCUT2D eigenvalue weighted by molar-refractivity contribution is -0.119. The molecule has 1 heteroatoms. The topological polar surface area (TPSA) is 17.1 Å². The maximum atomic E-state index is 11.8. The highest BCUT2D eigenvalue weighted by Gasteiger charge is 2.03. The van der Waals surface area contributed by atoms with Crippen molar-refractivity contribution in [1.82, 2.24) is 0 Å². The lowest BCUT2D eigenvalue weighted by Crippen LogP contribution is -2.00. The van der Waals surface area contributed by atoms with Crippen molar-refractivity contribution in [3.63, 3.8) is 0 Å². The molecule has 18 heavy (non-hydrogen) atoms. The van der Waals surface area contributed by atoms with Gasteiger partial charge in [-0.05, 0) is 24.0 Å². The Morgan fingerprint density at radius 1 is 1.06 bits per heavy atom. The van der Waals surface area contributed by atoms with Crippen molar-refractivity contribution in [2.75, 3.05) is 0 Å². The van der Waals surface area contributed by atoms with Crippen LogP contribution in [0.4, 0.5) is 0 Å². The van der Waals surface area contributed by atoms with E-state index in [0.717, 1.165) is 18.4 Å². The van der Waals surface area contributed by atoms with Gasteiger partial charge in [0.05, 0.1) is 0 Å². The van der Waals surface area contributed by atoms with Crippen molar-refractivity contribution in [3.05, 3.63) is 72.9 Å². The van der Waals surface area contributed by atoms with Crippen molar-refractivity contribution >= 4 is 5.78 Å². The molecule has 1 nitrogen and oxygen atoms in total. The van der Waals surface area contributed by atoms with Gasteiger partial charge in [-0.3, -0.25) is 4.79 Å². The van der Waals surface area contributed by atoms with E-state index in [9.17, 15) is 4.79 Å². The first-order valence-electron chi connectivity index (χ1n) is 6.26. The second kappa shape index (κ2) is 8.24. The third kappa shape index (κ3) is 5.44. The Bertz CT molecular complexity index is 426. The van der Waals surface area contributed by atoms with Gasteiger partial charge in [0.25, 0.3) is 0 Å². The maximum absolute atomic E-state index is 11.8. The number of rotatable bonds is 8. The van der Waals surface area contributed by atoms with Crippen molar-refractivity contribution < 1.29 is 4.79 Å². The molecule has 0 amide bonds. The van der Waals surface area contributed by atoms with Crippen molar-refractivity contribution in [2.45, 2.75) is 25.7 Å². The number of hydrogen-bond donors (Lipinski definition) is 0. The van der Waals surface area contributed by atoms with Crippen LogP contribution in [-0.2, 0) is 11.2 Å². The standard InChI is InChI=1S/C17H20O/c1-3-8-15(4-2)11-13-17(18)14-12-16-9-6-5-7-10-16/h3-10H,1-2,11-14H2/b15-8+. The molecule has 0 radical (unpaired) electrons. The lowest BCUT2D eigenvalue weighted by atomic mass is 10.0. The van der Waals surface area contributed by atoms with Crippen LogP contribution in [0.5, 0.6) is 0 Å². The van der Waals surface area contributed by atoms with Gasteiger partial charge in [0, 0.05) is 12.8 Å². The van der Waals surface area contributed by atoms with Gasteiger partial charge in [-0.2, -0.15) is 0 Å². The van der Waals surface area contributed by atoms with Crippen LogP contribution >= 0.6 is 0 Å². The number of carbonyl (C=O) groups excluding carboxylic acids is 1. The van der Waals surface area contributed by atoms with Crippen LogP contribution in [-0.4, -0.2) is 5.78 Å². The molecular weight excluding hydrogens is 220 g/mol. The second-order valence-corrected chi connectivity index (χ2v) is 4.21. The highest BCUT2D eigenvalue weighted by Crippen LogP contribution is 2.10. The van der Waals surface area contributed by atoms with Crippen LogP contribution in [0.15, 0.2) is 67.3 Å². The number of benzene rings is 1. The molecule has 0 saturated heterocycles. The molecule has 0 unspecified atom stereocenters. The molecule has 0 aliphatic rings. The quantitative estimate of drug-likeness (QED) is 0.620. The number of hydrogen-bond acceptors (Lipinski definition) is 1. The molecule has 94 valence electrons. The zero-order chi connectivity index (χ0) is 13.2. The Hall–Kier alpha value is -1.89. The zero-order valence-electron chi connectivity index (χ0n) is 10.8. The highest BCUT2D eigenvalue weighted by atomic mass is 16.1. The normalized spacial score (nSPS) is 11.0. The van der Waals surface area contributed by atoms with Gasteiger partial charge in [-0.1, -0.05) is 61.7 Å². The summed E-state index contributed by atoms with van der Waals surface area (Å²) in [5.41, 5.74) is 2.29. The number of allylic oxidation sites excluding steroid dienone is 4. The van der Waals surface area contributed by atoms with Gasteiger partial charge >= 0.3 is 0 Å². The van der Waals surface area contributed by atoms with E-state index in [1.165, 1.54) is 5.56 Å². The minimum absolute atomic E-state index is 0.302. The van der Waals surface area contributed by atoms with Crippen molar-refractivity contribution in [3.8, 4) is 0 Å². The van der Waals surface area contributed by atoms with Crippen molar-refractivity contribution in [2.24, 2.45) is 0 Å². The van der Waals surface area contributed by atoms with Crippen LogP contribution < -0.4 is 0 Å². The zero-order valence-corrected chi connectivity index (χ0v) is 10.8. The molecule has 0 N–H and O–H groups in total. The summed E-state index contributed by atoms with van der Waals surface area (Å²) in [6, 6.07) is 10.1. The molecule has 0 aromatic heterocycles. The fraction of sp³-hybridized carbons (Fsp3) is 0.235. The minimum Gasteiger partial charge on any atom is -0.300 e. The van der Waals surface area contributed by atoms with E-state index in [2.05, 4.69) is 25.3 Å². The third-order valence-corrected chi connectivity index (χ3v) is 2.82. The molecule has 0 saturated carbocycles. The van der Waals surface area contributed by atoms with E-state index >= 15 is 0 Å². The second-order valence-electron chi connectivity index (χ2n) is 4.21. The van der Waals surface area contributed by atoms with E-state index in [0.29, 0.717) is 18.6 Å². The lowest BCUT2D eigenvalue weighted by Gasteiger charge is -2.02. The monoisotopic (exact) mass is 240 g/mol. The third-order valence-electron chi connectivity index (χ3n) is 2.82. The molecule has 0 spiro atoms. The van der Waals surface area contributed by atoms with Crippen LogP contribution in [0, 0.1) is 0 Å². The Morgan fingerprint density at radius 2 is 1.78 bits per heavy atom. The first kappa shape index (κ1) is 14.2. The summed E-state index contributed by atoms with van der Waals surface area (Å²) in [6.45, 7) is 7.37. The Balaban J connectivity index is 2.32. The van der Waals surface area contributed by atoms with Crippen LogP contribution in [0.3, 0.4) is 0 Å². The average molecular weight is 240 g/mol. The number of ketones is 1. The van der Waals surface area contributed by atoms with Gasteiger partial charge in [0.1, 0.15) is 5.78 Å². The van der Waals surface area contributed by atoms with Gasteiger partial charge in [0.2, 0.25) is 0 Å². The average Bonchev–Trinajstić information content (AvgIpc) is 2.42. The smallest absolute Gasteiger partial charge is 0.133 e. The molecule has 0 bridgehead atoms. The highest BCUT2D eigenvalue weighted by molar-refractivity contribution is 5.78. The minimum atomic E-state index is 0.302. The van der Waals surface area contributed by atoms with Gasteiger partial charge in [-0.15, -0.1) is 0 Å². The predicted molar refractivity (Wildman–Crippen MR) is 77.5 cm³/mol. The fourth-order valence-corrected chi connectivity index (χ4v) is 1.74. The summed E-state index contributed by atoms with van der Waals surface area (Å²) in [5, 5.41) is 0. The Kier molecular flexibility index (Phi) is 6.49. The van der Waals surface area contributed by atoms with Crippen LogP contribution in [0.25, 0.3) is 0 Å². The van der Waals surface area contributed by atoms with Gasteiger partial charge in [0.15, 0.2) is 0 Å². The van der Waals surface area contributed by atoms with E-state index in [-0.39, 0.29) is 0 Å². The number of carbonyl (C=O) groups is 1. The first-order chi connectivity index (χ1) is 8.76. The van der Waals surface area contributed by atoms with E-state index in [1.54, 1.807) is 12.2 Å². The summed E-state index contributed by atoms with van der Waals surface area (Å²) in [5.74, 6) is 0.302. The SMILES string of the molecule is C=C/C=C(\C=C)CCC(=O)CCc1ccccc1.